The van der Waals surface area contributed by atoms with Gasteiger partial charge in [0.1, 0.15) is 33.5 Å². The largest absolute Gasteiger partial charge is 0.456 e. The van der Waals surface area contributed by atoms with Crippen LogP contribution in [0.4, 0.5) is 0 Å². The van der Waals surface area contributed by atoms with E-state index in [9.17, 15) is 0 Å². The molecule has 0 spiro atoms. The first-order valence-electron chi connectivity index (χ1n) is 18.9. The first-order valence-corrected chi connectivity index (χ1v) is 18.9. The molecule has 0 N–H and O–H groups in total. The number of fused-ring (bicyclic) bond motifs is 9. The van der Waals surface area contributed by atoms with Crippen LogP contribution in [0.15, 0.2) is 189 Å². The minimum Gasteiger partial charge on any atom is -0.456 e. The fourth-order valence-electron chi connectivity index (χ4n) is 8.25. The molecule has 0 radical (unpaired) electrons. The molecule has 0 saturated heterocycles. The van der Waals surface area contributed by atoms with Crippen LogP contribution in [-0.4, -0.2) is 15.0 Å². The van der Waals surface area contributed by atoms with Gasteiger partial charge >= 0.3 is 0 Å². The second kappa shape index (κ2) is 12.3. The van der Waals surface area contributed by atoms with Gasteiger partial charge in [-0.1, -0.05) is 133 Å². The molecule has 0 saturated carbocycles. The maximum Gasteiger partial charge on any atom is 0.167 e. The number of aromatic nitrogens is 3. The van der Waals surface area contributed by atoms with Crippen molar-refractivity contribution in [1.82, 2.24) is 15.0 Å². The summed E-state index contributed by atoms with van der Waals surface area (Å²) in [5.41, 5.74) is 11.8. The average molecular weight is 732 g/mol. The third kappa shape index (κ3) is 5.01. The van der Waals surface area contributed by atoms with E-state index in [1.54, 1.807) is 0 Å². The molecule has 0 aliphatic carbocycles. The molecular weight excluding hydrogens is 703 g/mol. The van der Waals surface area contributed by atoms with Crippen LogP contribution in [0.3, 0.4) is 0 Å². The Hall–Kier alpha value is -7.83. The van der Waals surface area contributed by atoms with Crippen LogP contribution in [0.2, 0.25) is 0 Å². The van der Waals surface area contributed by atoms with Gasteiger partial charge in [0.15, 0.2) is 17.5 Å². The number of rotatable bonds is 5. The highest BCUT2D eigenvalue weighted by Gasteiger charge is 2.20. The molecule has 8 aromatic carbocycles. The summed E-state index contributed by atoms with van der Waals surface area (Å²) in [7, 11) is 0. The van der Waals surface area contributed by atoms with Crippen LogP contribution in [0, 0.1) is 0 Å². The molecule has 12 rings (SSSR count). The van der Waals surface area contributed by atoms with Crippen LogP contribution >= 0.6 is 0 Å². The van der Waals surface area contributed by atoms with Crippen LogP contribution in [0.5, 0.6) is 0 Å². The maximum absolute atomic E-state index is 6.68. The van der Waals surface area contributed by atoms with E-state index in [1.807, 2.05) is 84.9 Å². The topological polar surface area (TPSA) is 78.1 Å². The van der Waals surface area contributed by atoms with Crippen molar-refractivity contribution in [2.75, 3.05) is 0 Å². The molecule has 0 fully saturated rings. The van der Waals surface area contributed by atoms with E-state index >= 15 is 0 Å². The van der Waals surface area contributed by atoms with Gasteiger partial charge in [-0.05, 0) is 59.2 Å². The highest BCUT2D eigenvalue weighted by atomic mass is 16.3. The fourth-order valence-corrected chi connectivity index (χ4v) is 8.25. The van der Waals surface area contributed by atoms with Crippen molar-refractivity contribution in [1.29, 1.82) is 0 Å². The van der Waals surface area contributed by atoms with E-state index in [0.29, 0.717) is 17.5 Å². The van der Waals surface area contributed by atoms with E-state index < -0.39 is 0 Å². The number of benzene rings is 8. The molecule has 0 bridgehead atoms. The zero-order chi connectivity index (χ0) is 37.5. The molecule has 0 aliphatic heterocycles. The Morgan fingerprint density at radius 1 is 0.281 bits per heavy atom. The third-order valence-electron chi connectivity index (χ3n) is 11.0. The third-order valence-corrected chi connectivity index (χ3v) is 11.0. The molecule has 0 unspecified atom stereocenters. The molecule has 6 heteroatoms. The van der Waals surface area contributed by atoms with Gasteiger partial charge in [0, 0.05) is 49.0 Å². The summed E-state index contributed by atoms with van der Waals surface area (Å²) in [6.45, 7) is 0. The predicted octanol–water partition coefficient (Wildman–Crippen LogP) is 13.9. The van der Waals surface area contributed by atoms with Crippen molar-refractivity contribution < 1.29 is 13.3 Å². The summed E-state index contributed by atoms with van der Waals surface area (Å²) in [6.07, 6.45) is 0. The van der Waals surface area contributed by atoms with Crippen LogP contribution < -0.4 is 0 Å². The van der Waals surface area contributed by atoms with Crippen molar-refractivity contribution in [3.63, 3.8) is 0 Å². The van der Waals surface area contributed by atoms with E-state index in [-0.39, 0.29) is 0 Å². The highest BCUT2D eigenvalue weighted by molar-refractivity contribution is 6.17. The van der Waals surface area contributed by atoms with E-state index in [4.69, 9.17) is 28.2 Å². The smallest absolute Gasteiger partial charge is 0.167 e. The normalized spacial score (nSPS) is 11.9. The summed E-state index contributed by atoms with van der Waals surface area (Å²) < 4.78 is 19.2. The lowest BCUT2D eigenvalue weighted by atomic mass is 9.93. The molecule has 0 aliphatic rings. The monoisotopic (exact) mass is 731 g/mol. The van der Waals surface area contributed by atoms with Crippen LogP contribution in [-0.2, 0) is 0 Å². The molecule has 6 nitrogen and oxygen atoms in total. The Kier molecular flexibility index (Phi) is 6.83. The summed E-state index contributed by atoms with van der Waals surface area (Å²) in [5.74, 6) is 1.72. The molecule has 0 amide bonds. The predicted molar refractivity (Wildman–Crippen MR) is 229 cm³/mol. The average Bonchev–Trinajstić information content (AvgIpc) is 3.98. The zero-order valence-electron chi connectivity index (χ0n) is 30.3. The fraction of sp³-hybridized carbons (Fsp3) is 0. The molecular formula is C51H29N3O3. The Morgan fingerprint density at radius 2 is 0.807 bits per heavy atom. The zero-order valence-corrected chi connectivity index (χ0v) is 30.3. The van der Waals surface area contributed by atoms with Crippen LogP contribution in [0.25, 0.3) is 122 Å². The lowest BCUT2D eigenvalue weighted by molar-refractivity contribution is 0.669. The Morgan fingerprint density at radius 3 is 1.58 bits per heavy atom. The minimum absolute atomic E-state index is 0.550. The number of furan rings is 3. The molecule has 266 valence electrons. The summed E-state index contributed by atoms with van der Waals surface area (Å²) in [4.78, 5) is 15.1. The summed E-state index contributed by atoms with van der Waals surface area (Å²) in [5, 5.41) is 6.43. The molecule has 4 heterocycles. The van der Waals surface area contributed by atoms with Crippen LogP contribution in [0.1, 0.15) is 0 Å². The van der Waals surface area contributed by atoms with Gasteiger partial charge in [-0.15, -0.1) is 0 Å². The lowest BCUT2D eigenvalue weighted by Crippen LogP contribution is -2.00. The van der Waals surface area contributed by atoms with Crippen molar-refractivity contribution in [2.45, 2.75) is 0 Å². The quantitative estimate of drug-likeness (QED) is 0.175. The van der Waals surface area contributed by atoms with Gasteiger partial charge in [-0.25, -0.2) is 15.0 Å². The van der Waals surface area contributed by atoms with Crippen molar-refractivity contribution >= 4 is 65.8 Å². The van der Waals surface area contributed by atoms with Gasteiger partial charge < -0.3 is 13.3 Å². The number of nitrogens with zero attached hydrogens (tertiary/aromatic N) is 3. The molecule has 0 atom stereocenters. The van der Waals surface area contributed by atoms with Gasteiger partial charge in [0.05, 0.1) is 5.56 Å². The Labute approximate surface area is 325 Å². The van der Waals surface area contributed by atoms with Crippen molar-refractivity contribution in [3.8, 4) is 56.4 Å². The molecule has 57 heavy (non-hydrogen) atoms. The van der Waals surface area contributed by atoms with Gasteiger partial charge in [-0.3, -0.25) is 0 Å². The maximum atomic E-state index is 6.68. The van der Waals surface area contributed by atoms with Crippen molar-refractivity contribution in [3.05, 3.63) is 176 Å². The summed E-state index contributed by atoms with van der Waals surface area (Å²) in [6, 6.07) is 59.9. The molecule has 4 aromatic heterocycles. The van der Waals surface area contributed by atoms with Gasteiger partial charge in [0.25, 0.3) is 0 Å². The van der Waals surface area contributed by atoms with E-state index in [0.717, 1.165) is 105 Å². The Bertz CT molecular complexity index is 3520. The number of hydrogen-bond donors (Lipinski definition) is 0. The Balaban J connectivity index is 0.991. The first-order chi connectivity index (χ1) is 28.2. The lowest BCUT2D eigenvalue weighted by Gasteiger charge is -2.11. The first kappa shape index (κ1) is 31.5. The molecule has 12 aromatic rings. The highest BCUT2D eigenvalue weighted by Crippen LogP contribution is 2.43. The van der Waals surface area contributed by atoms with Gasteiger partial charge in [0.2, 0.25) is 0 Å². The van der Waals surface area contributed by atoms with E-state index in [1.165, 1.54) is 0 Å². The minimum atomic E-state index is 0.550. The number of para-hydroxylation sites is 4. The summed E-state index contributed by atoms with van der Waals surface area (Å²) >= 11 is 0. The second-order valence-corrected chi connectivity index (χ2v) is 14.3. The SMILES string of the molecule is c1ccc(-c2nc(-c3ccc(-c4ccc(-c5ccc6oc7ccccc7c6c5)c5c4oc4ccccc45)cc3)nc(-c3cccc4c3oc3ccccc34)n2)cc1. The number of hydrogen-bond acceptors (Lipinski definition) is 6. The van der Waals surface area contributed by atoms with E-state index in [2.05, 4.69) is 91.0 Å². The second-order valence-electron chi connectivity index (χ2n) is 14.3. The van der Waals surface area contributed by atoms with Crippen molar-refractivity contribution in [2.24, 2.45) is 0 Å². The standard InChI is InChI=1S/C51H29N3O3/c1-2-11-31(12-3-1)49-52-50(54-51(53-49)40-17-10-16-38-36-13-4-8-19-43(36)56-47(38)40)32-23-21-30(22-24-32)35-27-26-34(46-39-15-6-9-20-44(39)57-48(35)46)33-25-28-45-41(29-33)37-14-5-7-18-42(37)55-45/h1-29H. The van der Waals surface area contributed by atoms with Gasteiger partial charge in [-0.2, -0.15) is 0 Å².